The van der Waals surface area contributed by atoms with Crippen LogP contribution in [0.1, 0.15) is 25.7 Å². The Bertz CT molecular complexity index is 200. The quantitative estimate of drug-likeness (QED) is 0.523. The van der Waals surface area contributed by atoms with Crippen LogP contribution in [0, 0.1) is 11.8 Å². The van der Waals surface area contributed by atoms with E-state index in [1.807, 2.05) is 0 Å². The van der Waals surface area contributed by atoms with Crippen molar-refractivity contribution in [2.75, 3.05) is 7.05 Å². The molecule has 2 heteroatoms. The fourth-order valence-corrected chi connectivity index (χ4v) is 4.26. The van der Waals surface area contributed by atoms with Crippen molar-refractivity contribution in [1.29, 1.82) is 0 Å². The maximum Gasteiger partial charge on any atom is 0.0519 e. The van der Waals surface area contributed by atoms with E-state index in [1.54, 1.807) is 0 Å². The second-order valence-corrected chi connectivity index (χ2v) is 5.32. The molecule has 0 aromatic heterocycles. The van der Waals surface area contributed by atoms with E-state index in [2.05, 4.69) is 11.9 Å². The largest absolute Gasteiger partial charge is 0.299 e. The number of nitrogens with zero attached hydrogens (tertiary/aromatic N) is 1. The van der Waals surface area contributed by atoms with Gasteiger partial charge in [0.15, 0.2) is 0 Å². The fourth-order valence-electron chi connectivity index (χ4n) is 3.75. The van der Waals surface area contributed by atoms with Crippen LogP contribution in [0.25, 0.3) is 0 Å². The molecule has 2 saturated carbocycles. The van der Waals surface area contributed by atoms with Gasteiger partial charge in [0.2, 0.25) is 0 Å². The van der Waals surface area contributed by atoms with Gasteiger partial charge in [-0.05, 0) is 44.6 Å². The van der Waals surface area contributed by atoms with Crippen LogP contribution in [-0.2, 0) is 0 Å². The zero-order valence-electron chi connectivity index (χ0n) is 7.54. The summed E-state index contributed by atoms with van der Waals surface area (Å²) in [6.45, 7) is 0. The van der Waals surface area contributed by atoms with Crippen molar-refractivity contribution in [2.45, 2.75) is 43.1 Å². The third-order valence-corrected chi connectivity index (χ3v) is 5.04. The van der Waals surface area contributed by atoms with Gasteiger partial charge in [-0.3, -0.25) is 4.90 Å². The van der Waals surface area contributed by atoms with Crippen LogP contribution in [0.4, 0.5) is 0 Å². The summed E-state index contributed by atoms with van der Waals surface area (Å²) in [7, 11) is 2.28. The maximum atomic E-state index is 6.46. The van der Waals surface area contributed by atoms with Crippen molar-refractivity contribution < 1.29 is 0 Å². The van der Waals surface area contributed by atoms with Gasteiger partial charge in [0.1, 0.15) is 0 Å². The normalized spacial score (nSPS) is 58.0. The van der Waals surface area contributed by atoms with Gasteiger partial charge >= 0.3 is 0 Å². The monoisotopic (exact) mass is 185 g/mol. The van der Waals surface area contributed by atoms with Gasteiger partial charge in [0, 0.05) is 12.1 Å². The van der Waals surface area contributed by atoms with Gasteiger partial charge in [0.05, 0.1) is 5.38 Å². The van der Waals surface area contributed by atoms with Crippen LogP contribution in [0.3, 0.4) is 0 Å². The molecule has 1 aliphatic heterocycles. The summed E-state index contributed by atoms with van der Waals surface area (Å²) in [5.41, 5.74) is 0. The lowest BCUT2D eigenvalue weighted by atomic mass is 9.72. The van der Waals surface area contributed by atoms with Crippen molar-refractivity contribution >= 4 is 11.6 Å². The summed E-state index contributed by atoms with van der Waals surface area (Å²) in [5.74, 6) is 1.84. The molecule has 3 bridgehead atoms. The van der Waals surface area contributed by atoms with E-state index in [9.17, 15) is 0 Å². The Morgan fingerprint density at radius 3 is 2.75 bits per heavy atom. The first-order valence-corrected chi connectivity index (χ1v) is 5.57. The molecule has 3 fully saturated rings. The zero-order valence-corrected chi connectivity index (χ0v) is 8.30. The summed E-state index contributed by atoms with van der Waals surface area (Å²) >= 11 is 6.46. The van der Waals surface area contributed by atoms with Crippen LogP contribution in [0.5, 0.6) is 0 Å². The molecular weight excluding hydrogens is 170 g/mol. The number of hydrogen-bond acceptors (Lipinski definition) is 1. The molecule has 5 atom stereocenters. The molecule has 12 heavy (non-hydrogen) atoms. The highest BCUT2D eigenvalue weighted by molar-refractivity contribution is 6.21. The highest BCUT2D eigenvalue weighted by Gasteiger charge is 2.52. The minimum atomic E-state index is 0.457. The number of rotatable bonds is 0. The van der Waals surface area contributed by atoms with Crippen molar-refractivity contribution in [3.8, 4) is 0 Å². The third kappa shape index (κ3) is 0.793. The molecule has 5 unspecified atom stereocenters. The van der Waals surface area contributed by atoms with Crippen LogP contribution in [0.2, 0.25) is 0 Å². The lowest BCUT2D eigenvalue weighted by Crippen LogP contribution is -2.37. The number of alkyl halides is 1. The van der Waals surface area contributed by atoms with E-state index in [0.29, 0.717) is 11.4 Å². The predicted molar refractivity (Wildman–Crippen MR) is 50.4 cm³/mol. The van der Waals surface area contributed by atoms with Crippen LogP contribution in [-0.4, -0.2) is 29.4 Å². The Balaban J connectivity index is 1.98. The van der Waals surface area contributed by atoms with Crippen molar-refractivity contribution in [1.82, 2.24) is 4.90 Å². The Morgan fingerprint density at radius 1 is 1.08 bits per heavy atom. The molecule has 3 rings (SSSR count). The molecule has 3 aliphatic rings. The van der Waals surface area contributed by atoms with Gasteiger partial charge in [0.25, 0.3) is 0 Å². The Morgan fingerprint density at radius 2 is 1.92 bits per heavy atom. The molecule has 0 spiro atoms. The summed E-state index contributed by atoms with van der Waals surface area (Å²) in [5, 5.41) is 0.457. The van der Waals surface area contributed by atoms with Gasteiger partial charge in [-0.15, -0.1) is 11.6 Å². The maximum absolute atomic E-state index is 6.46. The summed E-state index contributed by atoms with van der Waals surface area (Å²) in [4.78, 5) is 2.56. The van der Waals surface area contributed by atoms with E-state index in [0.717, 1.165) is 17.9 Å². The van der Waals surface area contributed by atoms with Crippen LogP contribution >= 0.6 is 11.6 Å². The van der Waals surface area contributed by atoms with Crippen molar-refractivity contribution in [3.05, 3.63) is 0 Å². The molecule has 0 radical (unpaired) electrons. The average Bonchev–Trinajstić information content (AvgIpc) is 2.33. The summed E-state index contributed by atoms with van der Waals surface area (Å²) in [6.07, 6.45) is 5.59. The van der Waals surface area contributed by atoms with Crippen molar-refractivity contribution in [3.63, 3.8) is 0 Å². The molecule has 0 amide bonds. The minimum absolute atomic E-state index is 0.457. The molecule has 68 valence electrons. The van der Waals surface area contributed by atoms with Gasteiger partial charge < -0.3 is 0 Å². The highest BCUT2D eigenvalue weighted by atomic mass is 35.5. The SMILES string of the molecule is CN1C2CCC3CC2CC1C3Cl. The lowest BCUT2D eigenvalue weighted by molar-refractivity contribution is 0.206. The van der Waals surface area contributed by atoms with Crippen molar-refractivity contribution in [2.24, 2.45) is 11.8 Å². The third-order valence-electron chi connectivity index (χ3n) is 4.39. The highest BCUT2D eigenvalue weighted by Crippen LogP contribution is 2.51. The second-order valence-electron chi connectivity index (χ2n) is 4.81. The number of fused-ring (bicyclic) bond motifs is 2. The molecule has 1 nitrogen and oxygen atoms in total. The van der Waals surface area contributed by atoms with E-state index in [1.165, 1.54) is 25.7 Å². The second kappa shape index (κ2) is 2.39. The first-order valence-electron chi connectivity index (χ1n) is 5.13. The fraction of sp³-hybridized carbons (Fsp3) is 1.00. The first-order chi connectivity index (χ1) is 5.77. The predicted octanol–water partition coefficient (Wildman–Crippen LogP) is 2.10. The Hall–Kier alpha value is 0.250. The molecule has 0 aromatic carbocycles. The van der Waals surface area contributed by atoms with E-state index in [4.69, 9.17) is 11.6 Å². The van der Waals surface area contributed by atoms with E-state index in [-0.39, 0.29) is 0 Å². The Kier molecular flexibility index (Phi) is 1.52. The smallest absolute Gasteiger partial charge is 0.0519 e. The molecule has 1 heterocycles. The molecule has 2 aliphatic carbocycles. The Labute approximate surface area is 79.1 Å². The standard InChI is InChI=1S/C10H16ClN/c1-12-8-3-2-6-4-7(8)5-9(12)10(6)11/h6-10H,2-5H2,1H3. The number of hydrogen-bond donors (Lipinski definition) is 0. The van der Waals surface area contributed by atoms with Gasteiger partial charge in [-0.1, -0.05) is 0 Å². The topological polar surface area (TPSA) is 3.24 Å². The van der Waals surface area contributed by atoms with Crippen LogP contribution < -0.4 is 0 Å². The number of halogens is 1. The summed E-state index contributed by atoms with van der Waals surface area (Å²) in [6, 6.07) is 1.60. The molecular formula is C10H16ClN. The molecule has 1 saturated heterocycles. The van der Waals surface area contributed by atoms with E-state index < -0.39 is 0 Å². The lowest BCUT2D eigenvalue weighted by Gasteiger charge is -2.35. The average molecular weight is 186 g/mol. The minimum Gasteiger partial charge on any atom is -0.299 e. The zero-order chi connectivity index (χ0) is 8.29. The molecule has 0 N–H and O–H groups in total. The van der Waals surface area contributed by atoms with E-state index >= 15 is 0 Å². The van der Waals surface area contributed by atoms with Gasteiger partial charge in [-0.25, -0.2) is 0 Å². The summed E-state index contributed by atoms with van der Waals surface area (Å²) < 4.78 is 0. The first kappa shape index (κ1) is 7.64. The molecule has 0 aromatic rings. The number of likely N-dealkylation sites (tertiary alicyclic amines) is 1. The van der Waals surface area contributed by atoms with Crippen LogP contribution in [0.15, 0.2) is 0 Å². The van der Waals surface area contributed by atoms with Gasteiger partial charge in [-0.2, -0.15) is 0 Å².